The van der Waals surface area contributed by atoms with E-state index >= 15 is 0 Å². The Hall–Kier alpha value is -1.18. The molecule has 0 bridgehead atoms. The zero-order chi connectivity index (χ0) is 11.3. The van der Waals surface area contributed by atoms with Gasteiger partial charge >= 0.3 is 11.9 Å². The second-order valence-corrected chi connectivity index (χ2v) is 2.95. The van der Waals surface area contributed by atoms with Crippen molar-refractivity contribution in [3.8, 4) is 0 Å². The predicted octanol–water partition coefficient (Wildman–Crippen LogP) is -2.05. The molecule has 7 nitrogen and oxygen atoms in total. The van der Waals surface area contributed by atoms with Crippen molar-refractivity contribution in [1.29, 1.82) is 0 Å². The number of aliphatic hydroxyl groups is 1. The van der Waals surface area contributed by atoms with E-state index in [-0.39, 0.29) is 12.8 Å². The van der Waals surface area contributed by atoms with Gasteiger partial charge in [-0.25, -0.2) is 0 Å². The second-order valence-electron chi connectivity index (χ2n) is 2.95. The molecule has 7 N–H and O–H groups in total. The highest BCUT2D eigenvalue weighted by Crippen LogP contribution is 2.03. The van der Waals surface area contributed by atoms with Crippen molar-refractivity contribution in [3.63, 3.8) is 0 Å². The number of aliphatic hydroxyl groups excluding tert-OH is 1. The number of rotatable bonds is 6. The molecular formula is C7H14N2O5. The van der Waals surface area contributed by atoms with Crippen LogP contribution in [0.2, 0.25) is 0 Å². The molecular weight excluding hydrogens is 192 g/mol. The Morgan fingerprint density at radius 1 is 1.07 bits per heavy atom. The van der Waals surface area contributed by atoms with Gasteiger partial charge in [-0.05, 0) is 12.8 Å². The van der Waals surface area contributed by atoms with E-state index in [1.807, 2.05) is 0 Å². The Labute approximate surface area is 80.3 Å². The number of carbonyl (C=O) groups is 2. The van der Waals surface area contributed by atoms with Gasteiger partial charge in [-0.2, -0.15) is 0 Å². The van der Waals surface area contributed by atoms with E-state index in [0.29, 0.717) is 0 Å². The summed E-state index contributed by atoms with van der Waals surface area (Å²) in [5.74, 6) is -2.53. The first-order valence-electron chi connectivity index (χ1n) is 4.01. The number of hydrogen-bond acceptors (Lipinski definition) is 5. The quantitative estimate of drug-likeness (QED) is 0.336. The predicted molar refractivity (Wildman–Crippen MR) is 46.5 cm³/mol. The van der Waals surface area contributed by atoms with Crippen molar-refractivity contribution < 1.29 is 24.9 Å². The number of carboxylic acid groups (broad SMARTS) is 2. The van der Waals surface area contributed by atoms with Crippen molar-refractivity contribution in [2.24, 2.45) is 11.5 Å². The third-order valence-corrected chi connectivity index (χ3v) is 1.79. The van der Waals surface area contributed by atoms with Crippen LogP contribution in [0.4, 0.5) is 0 Å². The Kier molecular flexibility index (Phi) is 5.06. The molecule has 0 aliphatic carbocycles. The Morgan fingerprint density at radius 3 is 1.93 bits per heavy atom. The lowest BCUT2D eigenvalue weighted by atomic mass is 10.0. The van der Waals surface area contributed by atoms with E-state index in [1.54, 1.807) is 0 Å². The summed E-state index contributed by atoms with van der Waals surface area (Å²) >= 11 is 0. The molecule has 0 aromatic carbocycles. The summed E-state index contributed by atoms with van der Waals surface area (Å²) in [5, 5.41) is 25.9. The largest absolute Gasteiger partial charge is 0.480 e. The van der Waals surface area contributed by atoms with Crippen LogP contribution in [0.25, 0.3) is 0 Å². The molecule has 0 fully saturated rings. The van der Waals surface area contributed by atoms with Gasteiger partial charge in [0.1, 0.15) is 12.1 Å². The van der Waals surface area contributed by atoms with Crippen LogP contribution in [-0.2, 0) is 9.59 Å². The van der Waals surface area contributed by atoms with Crippen LogP contribution in [0.5, 0.6) is 0 Å². The monoisotopic (exact) mass is 206 g/mol. The van der Waals surface area contributed by atoms with E-state index in [9.17, 15) is 9.59 Å². The van der Waals surface area contributed by atoms with Crippen LogP contribution in [0, 0.1) is 0 Å². The van der Waals surface area contributed by atoms with Crippen molar-refractivity contribution in [2.75, 3.05) is 0 Å². The van der Waals surface area contributed by atoms with Crippen LogP contribution >= 0.6 is 0 Å². The highest BCUT2D eigenvalue weighted by molar-refractivity contribution is 5.74. The first-order valence-corrected chi connectivity index (χ1v) is 4.01. The first kappa shape index (κ1) is 12.8. The number of nitrogens with two attached hydrogens (primary N) is 2. The molecule has 14 heavy (non-hydrogen) atoms. The van der Waals surface area contributed by atoms with Crippen LogP contribution in [0.1, 0.15) is 12.8 Å². The molecule has 0 aliphatic heterocycles. The highest BCUT2D eigenvalue weighted by Gasteiger charge is 2.23. The fraction of sp³-hybridized carbons (Fsp3) is 0.714. The maximum atomic E-state index is 10.3. The van der Waals surface area contributed by atoms with Gasteiger partial charge in [0.25, 0.3) is 0 Å². The lowest BCUT2D eigenvalue weighted by Crippen LogP contribution is -2.43. The molecule has 0 aromatic heterocycles. The van der Waals surface area contributed by atoms with Crippen LogP contribution in [0.15, 0.2) is 0 Å². The van der Waals surface area contributed by atoms with Gasteiger partial charge in [-0.3, -0.25) is 9.59 Å². The SMILES string of the molecule is N[C@H](CCC(O)[C@H](N)C(=O)O)C(=O)O. The summed E-state index contributed by atoms with van der Waals surface area (Å²) in [7, 11) is 0. The van der Waals surface area contributed by atoms with Gasteiger partial charge in [-0.15, -0.1) is 0 Å². The number of aliphatic carboxylic acids is 2. The van der Waals surface area contributed by atoms with Crippen LogP contribution in [-0.4, -0.2) is 45.4 Å². The van der Waals surface area contributed by atoms with Gasteiger partial charge in [-0.1, -0.05) is 0 Å². The molecule has 0 aliphatic rings. The maximum Gasteiger partial charge on any atom is 0.323 e. The molecule has 0 amide bonds. The van der Waals surface area contributed by atoms with Crippen molar-refractivity contribution >= 4 is 11.9 Å². The zero-order valence-electron chi connectivity index (χ0n) is 7.46. The Balaban J connectivity index is 3.90. The van der Waals surface area contributed by atoms with Crippen molar-refractivity contribution in [3.05, 3.63) is 0 Å². The summed E-state index contributed by atoms with van der Waals surface area (Å²) in [6.45, 7) is 0. The Morgan fingerprint density at radius 2 is 1.57 bits per heavy atom. The average Bonchev–Trinajstić information content (AvgIpc) is 2.11. The lowest BCUT2D eigenvalue weighted by Gasteiger charge is -2.15. The van der Waals surface area contributed by atoms with Gasteiger partial charge in [0.05, 0.1) is 6.10 Å². The van der Waals surface area contributed by atoms with Crippen molar-refractivity contribution in [2.45, 2.75) is 31.0 Å². The maximum absolute atomic E-state index is 10.3. The third-order valence-electron chi connectivity index (χ3n) is 1.79. The van der Waals surface area contributed by atoms with Gasteiger partial charge in [0.2, 0.25) is 0 Å². The van der Waals surface area contributed by atoms with Gasteiger partial charge < -0.3 is 26.8 Å². The van der Waals surface area contributed by atoms with Crippen LogP contribution < -0.4 is 11.5 Å². The molecule has 1 unspecified atom stereocenters. The lowest BCUT2D eigenvalue weighted by molar-refractivity contribution is -0.141. The fourth-order valence-electron chi connectivity index (χ4n) is 0.818. The topological polar surface area (TPSA) is 147 Å². The van der Waals surface area contributed by atoms with Crippen molar-refractivity contribution in [1.82, 2.24) is 0 Å². The summed E-state index contributed by atoms with van der Waals surface area (Å²) in [6, 6.07) is -2.51. The minimum atomic E-state index is -1.41. The van der Waals surface area contributed by atoms with E-state index < -0.39 is 30.1 Å². The number of carboxylic acids is 2. The minimum absolute atomic E-state index is 0.0164. The van der Waals surface area contributed by atoms with Crippen LogP contribution in [0.3, 0.4) is 0 Å². The van der Waals surface area contributed by atoms with E-state index in [0.717, 1.165) is 0 Å². The van der Waals surface area contributed by atoms with Gasteiger partial charge in [0.15, 0.2) is 0 Å². The summed E-state index contributed by atoms with van der Waals surface area (Å²) in [6.07, 6.45) is -1.35. The van der Waals surface area contributed by atoms with E-state index in [4.69, 9.17) is 26.8 Å². The van der Waals surface area contributed by atoms with E-state index in [2.05, 4.69) is 0 Å². The molecule has 0 radical (unpaired) electrons. The molecule has 0 saturated heterocycles. The smallest absolute Gasteiger partial charge is 0.323 e. The summed E-state index contributed by atoms with van der Waals surface area (Å²) in [4.78, 5) is 20.5. The highest BCUT2D eigenvalue weighted by atomic mass is 16.4. The third kappa shape index (κ3) is 4.17. The summed E-state index contributed by atoms with van der Waals surface area (Å²) in [5.41, 5.74) is 10.2. The molecule has 0 heterocycles. The fourth-order valence-corrected chi connectivity index (χ4v) is 0.818. The molecule has 0 rings (SSSR count). The zero-order valence-corrected chi connectivity index (χ0v) is 7.46. The molecule has 3 atom stereocenters. The second kappa shape index (κ2) is 5.53. The first-order chi connectivity index (χ1) is 6.36. The summed E-state index contributed by atoms with van der Waals surface area (Å²) < 4.78 is 0. The standard InChI is InChI=1S/C7H14N2O5/c8-3(6(11)12)1-2-4(10)5(9)7(13)14/h3-5,10H,1-2,8-9H2,(H,11,12)(H,13,14)/t3-,4?,5+/m1/s1. The minimum Gasteiger partial charge on any atom is -0.480 e. The Bertz CT molecular complexity index is 220. The molecule has 0 saturated carbocycles. The molecule has 0 spiro atoms. The normalized spacial score (nSPS) is 17.1. The number of hydrogen-bond donors (Lipinski definition) is 5. The average molecular weight is 206 g/mol. The molecule has 7 heteroatoms. The van der Waals surface area contributed by atoms with E-state index in [1.165, 1.54) is 0 Å². The molecule has 0 aromatic rings. The molecule has 82 valence electrons. The van der Waals surface area contributed by atoms with Gasteiger partial charge in [0, 0.05) is 0 Å².